The SMILES string of the molecule is [B]C(C)(C(C)C)C1CC2CC2(C)C1. The molecule has 4 atom stereocenters. The van der Waals surface area contributed by atoms with Crippen molar-refractivity contribution in [2.75, 3.05) is 0 Å². The Balaban J connectivity index is 2.04. The van der Waals surface area contributed by atoms with Crippen molar-refractivity contribution in [3.63, 3.8) is 0 Å². The summed E-state index contributed by atoms with van der Waals surface area (Å²) in [5.74, 6) is 2.40. The summed E-state index contributed by atoms with van der Waals surface area (Å²) >= 11 is 0. The highest BCUT2D eigenvalue weighted by molar-refractivity contribution is 6.15. The second-order valence-electron chi connectivity index (χ2n) is 6.21. The maximum absolute atomic E-state index is 6.41. The Morgan fingerprint density at radius 3 is 2.38 bits per heavy atom. The lowest BCUT2D eigenvalue weighted by molar-refractivity contribution is 0.272. The predicted molar refractivity (Wildman–Crippen MR) is 57.9 cm³/mol. The Hall–Kier alpha value is 0.0649. The molecule has 0 heterocycles. The number of hydrogen-bond acceptors (Lipinski definition) is 0. The van der Waals surface area contributed by atoms with E-state index >= 15 is 0 Å². The van der Waals surface area contributed by atoms with Crippen molar-refractivity contribution in [1.82, 2.24) is 0 Å². The van der Waals surface area contributed by atoms with Crippen molar-refractivity contribution in [2.45, 2.75) is 52.3 Å². The molecule has 2 saturated carbocycles. The first kappa shape index (κ1) is 9.61. The van der Waals surface area contributed by atoms with Gasteiger partial charge >= 0.3 is 0 Å². The molecule has 0 aromatic rings. The van der Waals surface area contributed by atoms with Gasteiger partial charge in [-0.1, -0.05) is 33.0 Å². The van der Waals surface area contributed by atoms with Gasteiger partial charge in [-0.2, -0.15) is 0 Å². The molecular formula is C12H21B. The van der Waals surface area contributed by atoms with Gasteiger partial charge in [0.05, 0.1) is 7.85 Å². The van der Waals surface area contributed by atoms with Gasteiger partial charge in [0.2, 0.25) is 0 Å². The van der Waals surface area contributed by atoms with Crippen molar-refractivity contribution in [3.05, 3.63) is 0 Å². The van der Waals surface area contributed by atoms with Gasteiger partial charge in [-0.25, -0.2) is 0 Å². The monoisotopic (exact) mass is 176 g/mol. The molecule has 4 unspecified atom stereocenters. The minimum Gasteiger partial charge on any atom is -0.0671 e. The van der Waals surface area contributed by atoms with E-state index in [4.69, 9.17) is 7.85 Å². The zero-order valence-corrected chi connectivity index (χ0v) is 9.43. The largest absolute Gasteiger partial charge is 0.0749 e. The van der Waals surface area contributed by atoms with Crippen LogP contribution in [-0.2, 0) is 0 Å². The van der Waals surface area contributed by atoms with Crippen LogP contribution in [0.25, 0.3) is 0 Å². The van der Waals surface area contributed by atoms with Crippen LogP contribution in [0.3, 0.4) is 0 Å². The second-order valence-corrected chi connectivity index (χ2v) is 6.21. The summed E-state index contributed by atoms with van der Waals surface area (Å²) in [5.41, 5.74) is 0.695. The molecule has 0 nitrogen and oxygen atoms in total. The van der Waals surface area contributed by atoms with Crippen LogP contribution < -0.4 is 0 Å². The first-order valence-corrected chi connectivity index (χ1v) is 5.65. The Bertz CT molecular complexity index is 219. The zero-order chi connectivity index (χ0) is 9.85. The van der Waals surface area contributed by atoms with E-state index in [1.54, 1.807) is 0 Å². The van der Waals surface area contributed by atoms with Crippen LogP contribution in [0.2, 0.25) is 5.31 Å². The summed E-state index contributed by atoms with van der Waals surface area (Å²) in [6.45, 7) is 9.20. The van der Waals surface area contributed by atoms with Crippen LogP contribution in [0.4, 0.5) is 0 Å². The fraction of sp³-hybridized carbons (Fsp3) is 1.00. The van der Waals surface area contributed by atoms with Crippen LogP contribution in [0, 0.1) is 23.2 Å². The standard InChI is InChI=1S/C12H21B/c1-8(2)12(4,13)10-5-9-6-11(9,3)7-10/h8-10H,5-7H2,1-4H3. The van der Waals surface area contributed by atoms with Crippen LogP contribution >= 0.6 is 0 Å². The molecule has 2 radical (unpaired) electrons. The highest BCUT2D eigenvalue weighted by atomic mass is 14.6. The van der Waals surface area contributed by atoms with Crippen molar-refractivity contribution < 1.29 is 0 Å². The fourth-order valence-corrected chi connectivity index (χ4v) is 3.06. The third-order valence-corrected chi connectivity index (χ3v) is 4.94. The summed E-state index contributed by atoms with van der Waals surface area (Å²) in [4.78, 5) is 0. The predicted octanol–water partition coefficient (Wildman–Crippen LogP) is 3.43. The van der Waals surface area contributed by atoms with E-state index < -0.39 is 0 Å². The topological polar surface area (TPSA) is 0 Å². The summed E-state index contributed by atoms with van der Waals surface area (Å²) < 4.78 is 0. The lowest BCUT2D eigenvalue weighted by Crippen LogP contribution is -2.25. The van der Waals surface area contributed by atoms with Crippen LogP contribution in [-0.4, -0.2) is 7.85 Å². The molecule has 2 rings (SSSR count). The van der Waals surface area contributed by atoms with Gasteiger partial charge in [-0.15, -0.1) is 0 Å². The average Bonchev–Trinajstić information content (AvgIpc) is 2.50. The molecule has 13 heavy (non-hydrogen) atoms. The maximum Gasteiger partial charge on any atom is 0.0749 e. The lowest BCUT2D eigenvalue weighted by atomic mass is 9.54. The second kappa shape index (κ2) is 2.55. The molecule has 2 fully saturated rings. The number of rotatable bonds is 2. The highest BCUT2D eigenvalue weighted by Gasteiger charge is 2.58. The van der Waals surface area contributed by atoms with E-state index in [1.165, 1.54) is 19.3 Å². The quantitative estimate of drug-likeness (QED) is 0.565. The van der Waals surface area contributed by atoms with Crippen molar-refractivity contribution in [1.29, 1.82) is 0 Å². The molecule has 0 aromatic carbocycles. The lowest BCUT2D eigenvalue weighted by Gasteiger charge is -2.38. The highest BCUT2D eigenvalue weighted by Crippen LogP contribution is 2.69. The van der Waals surface area contributed by atoms with Gasteiger partial charge in [0.25, 0.3) is 0 Å². The van der Waals surface area contributed by atoms with E-state index in [9.17, 15) is 0 Å². The summed E-state index contributed by atoms with van der Waals surface area (Å²) in [7, 11) is 6.41. The fourth-order valence-electron chi connectivity index (χ4n) is 3.06. The minimum absolute atomic E-state index is 0.0659. The molecule has 1 heteroatoms. The van der Waals surface area contributed by atoms with Crippen LogP contribution in [0.5, 0.6) is 0 Å². The Morgan fingerprint density at radius 2 is 2.00 bits per heavy atom. The smallest absolute Gasteiger partial charge is 0.0671 e. The third kappa shape index (κ3) is 1.35. The molecule has 2 aliphatic rings. The van der Waals surface area contributed by atoms with Crippen molar-refractivity contribution >= 4 is 7.85 Å². The van der Waals surface area contributed by atoms with Crippen LogP contribution in [0.1, 0.15) is 47.0 Å². The summed E-state index contributed by atoms with van der Waals surface area (Å²) in [6.07, 6.45) is 4.24. The van der Waals surface area contributed by atoms with E-state index in [0.29, 0.717) is 11.3 Å². The van der Waals surface area contributed by atoms with E-state index in [1.807, 2.05) is 0 Å². The van der Waals surface area contributed by atoms with Crippen LogP contribution in [0.15, 0.2) is 0 Å². The molecule has 0 N–H and O–H groups in total. The van der Waals surface area contributed by atoms with E-state index in [0.717, 1.165) is 11.8 Å². The van der Waals surface area contributed by atoms with Crippen molar-refractivity contribution in [2.24, 2.45) is 23.2 Å². The molecule has 0 saturated heterocycles. The molecule has 0 spiro atoms. The molecule has 0 bridgehead atoms. The molecule has 2 aliphatic carbocycles. The van der Waals surface area contributed by atoms with Crippen molar-refractivity contribution in [3.8, 4) is 0 Å². The molecule has 0 amide bonds. The normalized spacial score (nSPS) is 47.5. The van der Waals surface area contributed by atoms with Gasteiger partial charge in [-0.05, 0) is 42.4 Å². The molecule has 0 aromatic heterocycles. The summed E-state index contributed by atoms with van der Waals surface area (Å²) in [6, 6.07) is 0. The third-order valence-electron chi connectivity index (χ3n) is 4.94. The summed E-state index contributed by atoms with van der Waals surface area (Å²) in [5, 5.41) is 0.0659. The Kier molecular flexibility index (Phi) is 1.89. The van der Waals surface area contributed by atoms with Gasteiger partial charge in [0, 0.05) is 0 Å². The maximum atomic E-state index is 6.41. The zero-order valence-electron chi connectivity index (χ0n) is 9.43. The number of fused-ring (bicyclic) bond motifs is 1. The van der Waals surface area contributed by atoms with Gasteiger partial charge in [0.15, 0.2) is 0 Å². The Labute approximate surface area is 83.9 Å². The van der Waals surface area contributed by atoms with Gasteiger partial charge < -0.3 is 0 Å². The minimum atomic E-state index is 0.0659. The first-order chi connectivity index (χ1) is 5.86. The molecular weight excluding hydrogens is 155 g/mol. The Morgan fingerprint density at radius 1 is 1.38 bits per heavy atom. The van der Waals surface area contributed by atoms with E-state index in [-0.39, 0.29) is 5.31 Å². The number of hydrogen-bond donors (Lipinski definition) is 0. The van der Waals surface area contributed by atoms with Gasteiger partial charge in [-0.3, -0.25) is 0 Å². The first-order valence-electron chi connectivity index (χ1n) is 5.65. The van der Waals surface area contributed by atoms with E-state index in [2.05, 4.69) is 27.7 Å². The molecule has 0 aliphatic heterocycles. The van der Waals surface area contributed by atoms with Gasteiger partial charge in [0.1, 0.15) is 0 Å². The average molecular weight is 176 g/mol. The molecule has 72 valence electrons.